The Morgan fingerprint density at radius 1 is 1.26 bits per heavy atom. The molecule has 0 saturated carbocycles. The van der Waals surface area contributed by atoms with Crippen molar-refractivity contribution in [2.24, 2.45) is 11.8 Å². The Hall–Kier alpha value is -1.97. The monoisotopic (exact) mass is 380 g/mol. The third-order valence-corrected chi connectivity index (χ3v) is 5.35. The molecule has 9 nitrogen and oxygen atoms in total. The molecule has 0 spiro atoms. The van der Waals surface area contributed by atoms with Crippen molar-refractivity contribution in [3.63, 3.8) is 0 Å². The molecule has 0 aromatic carbocycles. The van der Waals surface area contributed by atoms with Crippen LogP contribution in [0.1, 0.15) is 12.0 Å². The fourth-order valence-electron chi connectivity index (χ4n) is 3.92. The summed E-state index contributed by atoms with van der Waals surface area (Å²) in [6, 6.07) is 0. The molecule has 0 aliphatic carbocycles. The SMILES string of the molecule is Cc1cn(CC(=O)N2C[C@H](CO)C[C@H](CN3CCOCC3)C2)c(=O)[nH]c1=O. The number of amides is 1. The quantitative estimate of drug-likeness (QED) is 0.653. The number of likely N-dealkylation sites (tertiary alicyclic amines) is 1. The zero-order chi connectivity index (χ0) is 19.4. The van der Waals surface area contributed by atoms with Crippen LogP contribution < -0.4 is 11.2 Å². The van der Waals surface area contributed by atoms with Gasteiger partial charge in [0, 0.05) is 51.1 Å². The zero-order valence-electron chi connectivity index (χ0n) is 15.7. The van der Waals surface area contributed by atoms with Gasteiger partial charge in [-0.3, -0.25) is 24.0 Å². The number of aromatic amines is 1. The number of hydrogen-bond donors (Lipinski definition) is 2. The minimum atomic E-state index is -0.584. The van der Waals surface area contributed by atoms with Crippen LogP contribution in [0.5, 0.6) is 0 Å². The number of aliphatic hydroxyl groups is 1. The number of H-pyrrole nitrogens is 1. The van der Waals surface area contributed by atoms with Crippen LogP contribution in [0.15, 0.2) is 15.8 Å². The second-order valence-electron chi connectivity index (χ2n) is 7.56. The summed E-state index contributed by atoms with van der Waals surface area (Å²) < 4.78 is 6.62. The first kappa shape index (κ1) is 19.8. The molecule has 2 fully saturated rings. The van der Waals surface area contributed by atoms with Crippen LogP contribution in [0.2, 0.25) is 0 Å². The highest BCUT2D eigenvalue weighted by molar-refractivity contribution is 5.76. The van der Waals surface area contributed by atoms with Gasteiger partial charge in [0.2, 0.25) is 5.91 Å². The van der Waals surface area contributed by atoms with Crippen molar-refractivity contribution >= 4 is 5.91 Å². The highest BCUT2D eigenvalue weighted by Crippen LogP contribution is 2.23. The molecule has 0 unspecified atom stereocenters. The van der Waals surface area contributed by atoms with E-state index in [9.17, 15) is 19.5 Å². The predicted octanol–water partition coefficient (Wildman–Crippen LogP) is -1.37. The molecule has 1 amide bonds. The summed E-state index contributed by atoms with van der Waals surface area (Å²) in [4.78, 5) is 42.5. The van der Waals surface area contributed by atoms with Crippen molar-refractivity contribution in [3.8, 4) is 0 Å². The number of carbonyl (C=O) groups excluding carboxylic acids is 1. The van der Waals surface area contributed by atoms with E-state index < -0.39 is 11.2 Å². The van der Waals surface area contributed by atoms with Crippen molar-refractivity contribution in [3.05, 3.63) is 32.6 Å². The van der Waals surface area contributed by atoms with E-state index in [-0.39, 0.29) is 30.9 Å². The Labute approximate surface area is 157 Å². The minimum absolute atomic E-state index is 0.0428. The van der Waals surface area contributed by atoms with E-state index >= 15 is 0 Å². The van der Waals surface area contributed by atoms with Gasteiger partial charge in [-0.15, -0.1) is 0 Å². The van der Waals surface area contributed by atoms with E-state index in [1.54, 1.807) is 11.8 Å². The van der Waals surface area contributed by atoms with Gasteiger partial charge < -0.3 is 14.7 Å². The number of aryl methyl sites for hydroxylation is 1. The van der Waals surface area contributed by atoms with Crippen molar-refractivity contribution in [2.75, 3.05) is 52.5 Å². The number of carbonyl (C=O) groups is 1. The Kier molecular flexibility index (Phi) is 6.46. The number of nitrogens with one attached hydrogen (secondary N) is 1. The normalized spacial score (nSPS) is 24.1. The van der Waals surface area contributed by atoms with Gasteiger partial charge >= 0.3 is 5.69 Å². The molecule has 9 heteroatoms. The molecule has 3 heterocycles. The topological polar surface area (TPSA) is 108 Å². The van der Waals surface area contributed by atoms with Crippen molar-refractivity contribution < 1.29 is 14.6 Å². The Balaban J connectivity index is 1.66. The molecule has 2 aliphatic rings. The first-order chi connectivity index (χ1) is 13.0. The van der Waals surface area contributed by atoms with Crippen LogP contribution in [0.3, 0.4) is 0 Å². The molecule has 2 saturated heterocycles. The highest BCUT2D eigenvalue weighted by atomic mass is 16.5. The number of rotatable bonds is 5. The summed E-state index contributed by atoms with van der Waals surface area (Å²) in [6.07, 6.45) is 2.30. The minimum Gasteiger partial charge on any atom is -0.396 e. The molecule has 1 aromatic heterocycles. The molecule has 27 heavy (non-hydrogen) atoms. The summed E-state index contributed by atoms with van der Waals surface area (Å²) >= 11 is 0. The van der Waals surface area contributed by atoms with Crippen LogP contribution in [-0.2, 0) is 16.1 Å². The second kappa shape index (κ2) is 8.81. The van der Waals surface area contributed by atoms with Gasteiger partial charge in [-0.1, -0.05) is 0 Å². The van der Waals surface area contributed by atoms with E-state index in [0.717, 1.165) is 39.3 Å². The lowest BCUT2D eigenvalue weighted by Gasteiger charge is -2.40. The van der Waals surface area contributed by atoms with Gasteiger partial charge in [0.05, 0.1) is 13.2 Å². The largest absolute Gasteiger partial charge is 0.396 e. The van der Waals surface area contributed by atoms with E-state index in [1.165, 1.54) is 10.8 Å². The van der Waals surface area contributed by atoms with Crippen LogP contribution in [0, 0.1) is 18.8 Å². The van der Waals surface area contributed by atoms with Crippen LogP contribution in [0.25, 0.3) is 0 Å². The number of ether oxygens (including phenoxy) is 1. The molecule has 2 N–H and O–H groups in total. The fraction of sp³-hybridized carbons (Fsp3) is 0.722. The molecule has 0 bridgehead atoms. The number of hydrogen-bond acceptors (Lipinski definition) is 6. The summed E-state index contributed by atoms with van der Waals surface area (Å²) in [7, 11) is 0. The Morgan fingerprint density at radius 2 is 1.96 bits per heavy atom. The highest BCUT2D eigenvalue weighted by Gasteiger charge is 2.31. The third-order valence-electron chi connectivity index (χ3n) is 5.35. The van der Waals surface area contributed by atoms with Crippen LogP contribution in [-0.4, -0.2) is 82.9 Å². The molecule has 2 atom stereocenters. The van der Waals surface area contributed by atoms with E-state index in [4.69, 9.17) is 4.74 Å². The summed E-state index contributed by atoms with van der Waals surface area (Å²) in [5, 5.41) is 9.65. The van der Waals surface area contributed by atoms with Gasteiger partial charge in [-0.05, 0) is 25.2 Å². The van der Waals surface area contributed by atoms with Gasteiger partial charge in [-0.25, -0.2) is 4.79 Å². The maximum Gasteiger partial charge on any atom is 0.328 e. The smallest absolute Gasteiger partial charge is 0.328 e. The van der Waals surface area contributed by atoms with Crippen LogP contribution in [0.4, 0.5) is 0 Å². The average molecular weight is 380 g/mol. The Morgan fingerprint density at radius 3 is 2.67 bits per heavy atom. The fourth-order valence-corrected chi connectivity index (χ4v) is 3.92. The standard InChI is InChI=1S/C18H28N4O5/c1-13-7-22(18(26)19-17(13)25)11-16(24)21-9-14(6-15(10-21)12-23)8-20-2-4-27-5-3-20/h7,14-15,23H,2-6,8-12H2,1H3,(H,19,25,26)/t14-,15-/m1/s1. The molecule has 3 rings (SSSR count). The lowest BCUT2D eigenvalue weighted by Crippen LogP contribution is -2.50. The molecule has 2 aliphatic heterocycles. The first-order valence-electron chi connectivity index (χ1n) is 9.45. The second-order valence-corrected chi connectivity index (χ2v) is 7.56. The number of nitrogens with zero attached hydrogens (tertiary/aromatic N) is 3. The van der Waals surface area contributed by atoms with Crippen LogP contribution >= 0.6 is 0 Å². The lowest BCUT2D eigenvalue weighted by molar-refractivity contribution is -0.135. The maximum atomic E-state index is 12.8. The maximum absolute atomic E-state index is 12.8. The van der Waals surface area contributed by atoms with Crippen molar-refractivity contribution in [1.82, 2.24) is 19.4 Å². The molecule has 1 aromatic rings. The van der Waals surface area contributed by atoms with E-state index in [1.807, 2.05) is 0 Å². The molecule has 0 radical (unpaired) electrons. The Bertz CT molecular complexity index is 768. The zero-order valence-corrected chi connectivity index (χ0v) is 15.7. The van der Waals surface area contributed by atoms with Gasteiger partial charge in [0.25, 0.3) is 5.56 Å². The molecular formula is C18H28N4O5. The third kappa shape index (κ3) is 5.06. The van der Waals surface area contributed by atoms with Crippen molar-refractivity contribution in [2.45, 2.75) is 19.9 Å². The molecule has 150 valence electrons. The van der Waals surface area contributed by atoms with Gasteiger partial charge in [0.1, 0.15) is 6.54 Å². The first-order valence-corrected chi connectivity index (χ1v) is 9.45. The summed E-state index contributed by atoms with van der Waals surface area (Å²) in [5.74, 6) is 0.156. The molecular weight excluding hydrogens is 352 g/mol. The van der Waals surface area contributed by atoms with E-state index in [0.29, 0.717) is 18.7 Å². The number of piperidine rings is 1. The summed E-state index contributed by atoms with van der Waals surface area (Å²) in [5.41, 5.74) is -0.633. The number of aliphatic hydroxyl groups excluding tert-OH is 1. The predicted molar refractivity (Wildman–Crippen MR) is 98.6 cm³/mol. The van der Waals surface area contributed by atoms with Gasteiger partial charge in [-0.2, -0.15) is 0 Å². The van der Waals surface area contributed by atoms with Crippen molar-refractivity contribution in [1.29, 1.82) is 0 Å². The van der Waals surface area contributed by atoms with E-state index in [2.05, 4.69) is 9.88 Å². The van der Waals surface area contributed by atoms with Gasteiger partial charge in [0.15, 0.2) is 0 Å². The average Bonchev–Trinajstić information content (AvgIpc) is 2.66. The lowest BCUT2D eigenvalue weighted by atomic mass is 9.89. The number of aromatic nitrogens is 2. The number of morpholine rings is 1. The summed E-state index contributed by atoms with van der Waals surface area (Å²) in [6.45, 7) is 6.75.